The summed E-state index contributed by atoms with van der Waals surface area (Å²) in [6, 6.07) is 2.62. The van der Waals surface area contributed by atoms with Crippen molar-refractivity contribution in [1.29, 1.82) is 0 Å². The summed E-state index contributed by atoms with van der Waals surface area (Å²) >= 11 is 0. The average Bonchev–Trinajstić information content (AvgIpc) is 2.75. The van der Waals surface area contributed by atoms with E-state index in [-0.39, 0.29) is 10.9 Å². The van der Waals surface area contributed by atoms with E-state index in [1.54, 1.807) is 0 Å². The monoisotopic (exact) mass is 260 g/mol. The zero-order valence-electron chi connectivity index (χ0n) is 10.1. The van der Waals surface area contributed by atoms with E-state index in [4.69, 9.17) is 4.42 Å². The van der Waals surface area contributed by atoms with E-state index in [1.165, 1.54) is 26.2 Å². The maximum atomic E-state index is 11.7. The van der Waals surface area contributed by atoms with Crippen LogP contribution in [0.1, 0.15) is 23.9 Å². The minimum absolute atomic E-state index is 0.00104. The van der Waals surface area contributed by atoms with Crippen LogP contribution >= 0.6 is 0 Å². The number of nitrogens with zero attached hydrogens (tertiary/aromatic N) is 1. The molecule has 0 aliphatic rings. The molecule has 0 spiro atoms. The normalized spacial score (nSPS) is 11.8. The summed E-state index contributed by atoms with van der Waals surface area (Å²) in [6.07, 6.45) is 0.801. The van der Waals surface area contributed by atoms with Crippen LogP contribution in [0.15, 0.2) is 21.6 Å². The highest BCUT2D eigenvalue weighted by Gasteiger charge is 2.23. The highest BCUT2D eigenvalue weighted by molar-refractivity contribution is 7.88. The van der Waals surface area contributed by atoms with Crippen molar-refractivity contribution in [3.05, 3.63) is 17.9 Å². The molecule has 0 unspecified atom stereocenters. The number of carbonyl (C=O) groups is 1. The molecule has 1 rings (SSSR count). The molecule has 96 valence electrons. The van der Waals surface area contributed by atoms with Crippen molar-refractivity contribution in [2.45, 2.75) is 18.4 Å². The molecule has 0 atom stereocenters. The van der Waals surface area contributed by atoms with Crippen molar-refractivity contribution in [1.82, 2.24) is 9.62 Å². The lowest BCUT2D eigenvalue weighted by Gasteiger charge is -2.07. The Morgan fingerprint density at radius 3 is 2.59 bits per heavy atom. The third-order valence-electron chi connectivity index (χ3n) is 2.08. The van der Waals surface area contributed by atoms with Gasteiger partial charge in [-0.3, -0.25) is 4.79 Å². The van der Waals surface area contributed by atoms with Crippen LogP contribution in [0.4, 0.5) is 0 Å². The van der Waals surface area contributed by atoms with Crippen molar-refractivity contribution in [3.8, 4) is 0 Å². The van der Waals surface area contributed by atoms with Gasteiger partial charge in [0, 0.05) is 20.6 Å². The minimum Gasteiger partial charge on any atom is -0.438 e. The molecule has 17 heavy (non-hydrogen) atoms. The Morgan fingerprint density at radius 1 is 1.41 bits per heavy atom. The predicted molar refractivity (Wildman–Crippen MR) is 62.2 cm³/mol. The lowest BCUT2D eigenvalue weighted by molar-refractivity contribution is 0.0920. The molecule has 0 aromatic carbocycles. The van der Waals surface area contributed by atoms with Crippen molar-refractivity contribution < 1.29 is 17.6 Å². The van der Waals surface area contributed by atoms with Gasteiger partial charge in [0.25, 0.3) is 15.9 Å². The summed E-state index contributed by atoms with van der Waals surface area (Å²) in [7, 11) is -0.828. The van der Waals surface area contributed by atoms with Gasteiger partial charge in [-0.1, -0.05) is 6.92 Å². The number of furan rings is 1. The third kappa shape index (κ3) is 3.07. The highest BCUT2D eigenvalue weighted by atomic mass is 32.2. The molecule has 0 saturated heterocycles. The third-order valence-corrected chi connectivity index (χ3v) is 3.76. The van der Waals surface area contributed by atoms with Gasteiger partial charge in [-0.25, -0.2) is 12.7 Å². The molecule has 1 heterocycles. The van der Waals surface area contributed by atoms with Crippen LogP contribution in [0, 0.1) is 0 Å². The summed E-state index contributed by atoms with van der Waals surface area (Å²) < 4.78 is 29.4. The van der Waals surface area contributed by atoms with Crippen LogP contribution in [0.25, 0.3) is 0 Å². The van der Waals surface area contributed by atoms with Crippen LogP contribution in [0.5, 0.6) is 0 Å². The van der Waals surface area contributed by atoms with Gasteiger partial charge in [0.2, 0.25) is 5.09 Å². The zero-order valence-corrected chi connectivity index (χ0v) is 10.9. The van der Waals surface area contributed by atoms with Gasteiger partial charge in [0.15, 0.2) is 5.76 Å². The first-order valence-corrected chi connectivity index (χ1v) is 6.64. The highest BCUT2D eigenvalue weighted by Crippen LogP contribution is 2.16. The summed E-state index contributed by atoms with van der Waals surface area (Å²) in [5.74, 6) is -0.411. The Balaban J connectivity index is 2.89. The topological polar surface area (TPSA) is 79.6 Å². The number of sulfonamides is 1. The fourth-order valence-electron chi connectivity index (χ4n) is 1.09. The SMILES string of the molecule is CCCNC(=O)c1ccc(S(=O)(=O)N(C)C)o1. The van der Waals surface area contributed by atoms with E-state index in [0.717, 1.165) is 10.7 Å². The van der Waals surface area contributed by atoms with Crippen LogP contribution in [-0.2, 0) is 10.0 Å². The van der Waals surface area contributed by atoms with E-state index in [0.29, 0.717) is 6.54 Å². The van der Waals surface area contributed by atoms with E-state index >= 15 is 0 Å². The molecule has 0 radical (unpaired) electrons. The molecule has 0 saturated carbocycles. The quantitative estimate of drug-likeness (QED) is 0.843. The number of rotatable bonds is 5. The summed E-state index contributed by atoms with van der Waals surface area (Å²) in [6.45, 7) is 2.44. The first-order chi connectivity index (χ1) is 7.89. The van der Waals surface area contributed by atoms with Crippen molar-refractivity contribution >= 4 is 15.9 Å². The number of amides is 1. The molecule has 0 bridgehead atoms. The molecule has 6 nitrogen and oxygen atoms in total. The summed E-state index contributed by atoms with van der Waals surface area (Å²) in [4.78, 5) is 11.5. The lowest BCUT2D eigenvalue weighted by Crippen LogP contribution is -2.24. The summed E-state index contributed by atoms with van der Waals surface area (Å²) in [5.41, 5.74) is 0. The molecular weight excluding hydrogens is 244 g/mol. The predicted octanol–water partition coefficient (Wildman–Crippen LogP) is 0.670. The fraction of sp³-hybridized carbons (Fsp3) is 0.500. The van der Waals surface area contributed by atoms with E-state index in [9.17, 15) is 13.2 Å². The number of carbonyl (C=O) groups excluding carboxylic acids is 1. The number of hydrogen-bond donors (Lipinski definition) is 1. The van der Waals surface area contributed by atoms with Crippen LogP contribution in [0.3, 0.4) is 0 Å². The molecule has 1 aromatic heterocycles. The van der Waals surface area contributed by atoms with Gasteiger partial charge in [0.05, 0.1) is 0 Å². The Hall–Kier alpha value is -1.34. The van der Waals surface area contributed by atoms with Crippen molar-refractivity contribution in [3.63, 3.8) is 0 Å². The first kappa shape index (κ1) is 13.7. The van der Waals surface area contributed by atoms with E-state index < -0.39 is 15.9 Å². The largest absolute Gasteiger partial charge is 0.438 e. The van der Waals surface area contributed by atoms with Crippen molar-refractivity contribution in [2.75, 3.05) is 20.6 Å². The Morgan fingerprint density at radius 2 is 2.06 bits per heavy atom. The number of nitrogens with one attached hydrogen (secondary N) is 1. The minimum atomic E-state index is -3.62. The van der Waals surface area contributed by atoms with Gasteiger partial charge in [0.1, 0.15) is 0 Å². The molecular formula is C10H16N2O4S. The maximum absolute atomic E-state index is 11.7. The van der Waals surface area contributed by atoms with E-state index in [2.05, 4.69) is 5.32 Å². The van der Waals surface area contributed by atoms with Gasteiger partial charge >= 0.3 is 0 Å². The Bertz CT molecular complexity index is 490. The van der Waals surface area contributed by atoms with Crippen LogP contribution < -0.4 is 5.32 Å². The van der Waals surface area contributed by atoms with Gasteiger partial charge < -0.3 is 9.73 Å². The molecule has 1 N–H and O–H groups in total. The second-order valence-electron chi connectivity index (χ2n) is 3.66. The van der Waals surface area contributed by atoms with Crippen molar-refractivity contribution in [2.24, 2.45) is 0 Å². The Kier molecular flexibility index (Phi) is 4.30. The molecule has 0 aliphatic heterocycles. The van der Waals surface area contributed by atoms with E-state index in [1.807, 2.05) is 6.92 Å². The fourth-order valence-corrected chi connectivity index (χ4v) is 1.88. The first-order valence-electron chi connectivity index (χ1n) is 5.20. The lowest BCUT2D eigenvalue weighted by atomic mass is 10.4. The Labute approximate surface area is 101 Å². The zero-order chi connectivity index (χ0) is 13.1. The molecule has 1 amide bonds. The number of hydrogen-bond acceptors (Lipinski definition) is 4. The second kappa shape index (κ2) is 5.33. The average molecular weight is 260 g/mol. The standard InChI is InChI=1S/C10H16N2O4S/c1-4-7-11-10(13)8-5-6-9(16-8)17(14,15)12(2)3/h5-6H,4,7H2,1-3H3,(H,11,13). The molecule has 1 aromatic rings. The summed E-state index contributed by atoms with van der Waals surface area (Å²) in [5, 5.41) is 2.37. The van der Waals surface area contributed by atoms with Gasteiger partial charge in [-0.15, -0.1) is 0 Å². The van der Waals surface area contributed by atoms with Gasteiger partial charge in [-0.05, 0) is 18.6 Å². The molecule has 7 heteroatoms. The maximum Gasteiger partial charge on any atom is 0.287 e. The molecule has 0 aliphatic carbocycles. The van der Waals surface area contributed by atoms with Crippen LogP contribution in [-0.4, -0.2) is 39.3 Å². The second-order valence-corrected chi connectivity index (χ2v) is 5.74. The molecule has 0 fully saturated rings. The smallest absolute Gasteiger partial charge is 0.287 e. The van der Waals surface area contributed by atoms with Gasteiger partial charge in [-0.2, -0.15) is 0 Å². The van der Waals surface area contributed by atoms with Crippen LogP contribution in [0.2, 0.25) is 0 Å².